The van der Waals surface area contributed by atoms with Crippen molar-refractivity contribution < 1.29 is 14.3 Å². The van der Waals surface area contributed by atoms with Crippen LogP contribution in [0.3, 0.4) is 0 Å². The van der Waals surface area contributed by atoms with Gasteiger partial charge in [-0.2, -0.15) is 5.10 Å². The van der Waals surface area contributed by atoms with Crippen molar-refractivity contribution in [2.75, 3.05) is 12.1 Å². The molecule has 0 radical (unpaired) electrons. The fraction of sp³-hybridized carbons (Fsp3) is 0.188. The summed E-state index contributed by atoms with van der Waals surface area (Å²) in [4.78, 5) is 15.6. The van der Waals surface area contributed by atoms with Gasteiger partial charge in [0.2, 0.25) is 12.7 Å². The number of nitrogens with one attached hydrogen (secondary N) is 1. The summed E-state index contributed by atoms with van der Waals surface area (Å²) in [5.74, 6) is 1.29. The van der Waals surface area contributed by atoms with Crippen molar-refractivity contribution in [2.45, 2.75) is 6.92 Å². The SMILES string of the molecule is CC(=O)Nc1cnc2c(c1)c(-c1ccc3c(c1)OCO3)nn2C. The first-order valence-electron chi connectivity index (χ1n) is 7.12. The molecule has 0 atom stereocenters. The Hall–Kier alpha value is -3.09. The smallest absolute Gasteiger partial charge is 0.231 e. The van der Waals surface area contributed by atoms with Crippen LogP contribution in [0.4, 0.5) is 5.69 Å². The minimum absolute atomic E-state index is 0.139. The van der Waals surface area contributed by atoms with Gasteiger partial charge in [0.1, 0.15) is 5.69 Å². The van der Waals surface area contributed by atoms with Crippen LogP contribution in [0.5, 0.6) is 11.5 Å². The third-order valence-electron chi connectivity index (χ3n) is 3.64. The summed E-state index contributed by atoms with van der Waals surface area (Å²) in [6.45, 7) is 1.70. The fourth-order valence-corrected chi connectivity index (χ4v) is 2.67. The second kappa shape index (κ2) is 4.98. The quantitative estimate of drug-likeness (QED) is 0.786. The second-order valence-electron chi connectivity index (χ2n) is 5.32. The summed E-state index contributed by atoms with van der Waals surface area (Å²) in [5, 5.41) is 8.15. The minimum atomic E-state index is -0.139. The molecular weight excluding hydrogens is 296 g/mol. The van der Waals surface area contributed by atoms with Gasteiger partial charge in [-0.3, -0.25) is 4.79 Å². The lowest BCUT2D eigenvalue weighted by Crippen LogP contribution is -2.05. The fourth-order valence-electron chi connectivity index (χ4n) is 2.67. The maximum atomic E-state index is 11.2. The number of anilines is 1. The predicted molar refractivity (Wildman–Crippen MR) is 84.4 cm³/mol. The minimum Gasteiger partial charge on any atom is -0.454 e. The van der Waals surface area contributed by atoms with Crippen LogP contribution >= 0.6 is 0 Å². The number of fused-ring (bicyclic) bond motifs is 2. The Morgan fingerprint density at radius 2 is 2.09 bits per heavy atom. The van der Waals surface area contributed by atoms with Crippen LogP contribution in [0.1, 0.15) is 6.92 Å². The highest BCUT2D eigenvalue weighted by Gasteiger charge is 2.18. The number of amides is 1. The maximum absolute atomic E-state index is 11.2. The molecule has 1 aliphatic rings. The van der Waals surface area contributed by atoms with Crippen LogP contribution in [0, 0.1) is 0 Å². The monoisotopic (exact) mass is 310 g/mol. The maximum Gasteiger partial charge on any atom is 0.231 e. The average Bonchev–Trinajstić information content (AvgIpc) is 3.10. The molecule has 7 heteroatoms. The van der Waals surface area contributed by atoms with Crippen molar-refractivity contribution >= 4 is 22.6 Å². The van der Waals surface area contributed by atoms with Crippen molar-refractivity contribution in [3.8, 4) is 22.8 Å². The van der Waals surface area contributed by atoms with Crippen molar-refractivity contribution in [1.29, 1.82) is 0 Å². The molecule has 1 aromatic carbocycles. The zero-order valence-corrected chi connectivity index (χ0v) is 12.7. The number of carbonyl (C=O) groups excluding carboxylic acids is 1. The summed E-state index contributed by atoms with van der Waals surface area (Å²) >= 11 is 0. The highest BCUT2D eigenvalue weighted by molar-refractivity contribution is 5.96. The van der Waals surface area contributed by atoms with Gasteiger partial charge in [0.05, 0.1) is 11.9 Å². The number of carbonyl (C=O) groups is 1. The molecule has 1 N–H and O–H groups in total. The van der Waals surface area contributed by atoms with E-state index in [-0.39, 0.29) is 12.7 Å². The summed E-state index contributed by atoms with van der Waals surface area (Å²) in [6.07, 6.45) is 1.62. The predicted octanol–water partition coefficient (Wildman–Crippen LogP) is 2.32. The molecule has 116 valence electrons. The van der Waals surface area contributed by atoms with Gasteiger partial charge < -0.3 is 14.8 Å². The molecule has 0 fully saturated rings. The van der Waals surface area contributed by atoms with Gasteiger partial charge in [-0.25, -0.2) is 9.67 Å². The molecule has 3 heterocycles. The van der Waals surface area contributed by atoms with E-state index < -0.39 is 0 Å². The number of rotatable bonds is 2. The van der Waals surface area contributed by atoms with E-state index in [4.69, 9.17) is 9.47 Å². The van der Waals surface area contributed by atoms with E-state index in [2.05, 4.69) is 15.4 Å². The van der Waals surface area contributed by atoms with Crippen LogP contribution in [-0.4, -0.2) is 27.5 Å². The first-order chi connectivity index (χ1) is 11.1. The largest absolute Gasteiger partial charge is 0.454 e. The normalized spacial score (nSPS) is 12.6. The molecular formula is C16H14N4O3. The van der Waals surface area contributed by atoms with Crippen LogP contribution < -0.4 is 14.8 Å². The highest BCUT2D eigenvalue weighted by atomic mass is 16.7. The summed E-state index contributed by atoms with van der Waals surface area (Å²) in [6, 6.07) is 7.56. The Kier molecular flexibility index (Phi) is 2.94. The van der Waals surface area contributed by atoms with Gasteiger partial charge >= 0.3 is 0 Å². The van der Waals surface area contributed by atoms with E-state index in [1.807, 2.05) is 31.3 Å². The zero-order chi connectivity index (χ0) is 16.0. The summed E-state index contributed by atoms with van der Waals surface area (Å²) in [7, 11) is 1.84. The first-order valence-corrected chi connectivity index (χ1v) is 7.12. The molecule has 1 amide bonds. The first kappa shape index (κ1) is 13.6. The number of aryl methyl sites for hydroxylation is 1. The molecule has 3 aromatic rings. The van der Waals surface area contributed by atoms with E-state index >= 15 is 0 Å². The third-order valence-corrected chi connectivity index (χ3v) is 3.64. The van der Waals surface area contributed by atoms with Gasteiger partial charge in [-0.05, 0) is 24.3 Å². The van der Waals surface area contributed by atoms with E-state index in [1.165, 1.54) is 6.92 Å². The van der Waals surface area contributed by atoms with Gasteiger partial charge in [0, 0.05) is 24.9 Å². The van der Waals surface area contributed by atoms with Gasteiger partial charge in [-0.15, -0.1) is 0 Å². The standard InChI is InChI=1S/C16H14N4O3/c1-9(21)18-11-6-12-15(19-20(2)16(12)17-7-11)10-3-4-13-14(5-10)23-8-22-13/h3-7H,8H2,1-2H3,(H,18,21). The molecule has 0 saturated heterocycles. The molecule has 0 spiro atoms. The van der Waals surface area contributed by atoms with Crippen LogP contribution in [0.15, 0.2) is 30.5 Å². The number of hydrogen-bond donors (Lipinski definition) is 1. The van der Waals surface area contributed by atoms with Gasteiger partial charge in [0.15, 0.2) is 17.1 Å². The molecule has 0 saturated carbocycles. The van der Waals surface area contributed by atoms with E-state index in [0.717, 1.165) is 28.0 Å². The van der Waals surface area contributed by atoms with E-state index in [9.17, 15) is 4.79 Å². The Labute approximate surface area is 131 Å². The number of ether oxygens (including phenoxy) is 2. The summed E-state index contributed by atoms with van der Waals surface area (Å²) in [5.41, 5.74) is 3.06. The van der Waals surface area contributed by atoms with Crippen molar-refractivity contribution in [1.82, 2.24) is 14.8 Å². The van der Waals surface area contributed by atoms with Crippen LogP contribution in [0.2, 0.25) is 0 Å². The van der Waals surface area contributed by atoms with Crippen molar-refractivity contribution in [2.24, 2.45) is 7.05 Å². The third kappa shape index (κ3) is 2.26. The topological polar surface area (TPSA) is 78.3 Å². The van der Waals surface area contributed by atoms with Crippen LogP contribution in [-0.2, 0) is 11.8 Å². The summed E-state index contributed by atoms with van der Waals surface area (Å²) < 4.78 is 12.5. The van der Waals surface area contributed by atoms with Gasteiger partial charge in [0.25, 0.3) is 0 Å². The van der Waals surface area contributed by atoms with Crippen LogP contribution in [0.25, 0.3) is 22.3 Å². The molecule has 1 aliphatic heterocycles. The molecule has 23 heavy (non-hydrogen) atoms. The molecule has 2 aromatic heterocycles. The lowest BCUT2D eigenvalue weighted by atomic mass is 10.1. The molecule has 0 unspecified atom stereocenters. The second-order valence-corrected chi connectivity index (χ2v) is 5.32. The molecule has 0 aliphatic carbocycles. The Bertz CT molecular complexity index is 932. The number of benzene rings is 1. The Balaban J connectivity index is 1.87. The lowest BCUT2D eigenvalue weighted by molar-refractivity contribution is -0.114. The number of nitrogens with zero attached hydrogens (tertiary/aromatic N) is 3. The number of hydrogen-bond acceptors (Lipinski definition) is 5. The highest BCUT2D eigenvalue weighted by Crippen LogP contribution is 2.37. The Morgan fingerprint density at radius 3 is 2.91 bits per heavy atom. The molecule has 7 nitrogen and oxygen atoms in total. The van der Waals surface area contributed by atoms with E-state index in [0.29, 0.717) is 11.4 Å². The number of aromatic nitrogens is 3. The Morgan fingerprint density at radius 1 is 1.26 bits per heavy atom. The van der Waals surface area contributed by atoms with Gasteiger partial charge in [-0.1, -0.05) is 0 Å². The zero-order valence-electron chi connectivity index (χ0n) is 12.7. The average molecular weight is 310 g/mol. The number of pyridine rings is 1. The van der Waals surface area contributed by atoms with E-state index in [1.54, 1.807) is 10.9 Å². The van der Waals surface area contributed by atoms with Crippen molar-refractivity contribution in [3.05, 3.63) is 30.5 Å². The molecule has 4 rings (SSSR count). The van der Waals surface area contributed by atoms with Crippen molar-refractivity contribution in [3.63, 3.8) is 0 Å². The molecule has 0 bridgehead atoms. The lowest BCUT2D eigenvalue weighted by Gasteiger charge is -2.03.